The Kier molecular flexibility index (Phi) is 4.62. The van der Waals surface area contributed by atoms with Gasteiger partial charge in [0, 0.05) is 5.69 Å². The van der Waals surface area contributed by atoms with Crippen LogP contribution in [0.15, 0.2) is 36.4 Å². The van der Waals surface area contributed by atoms with Crippen LogP contribution in [0.25, 0.3) is 0 Å². The number of hydrogen-bond acceptors (Lipinski definition) is 3. The zero-order valence-electron chi connectivity index (χ0n) is 15.2. The number of hydrogen-bond donors (Lipinski definition) is 1. The third kappa shape index (κ3) is 3.29. The first-order chi connectivity index (χ1) is 11.9. The molecular formula is C21H24N2O2. The molecule has 1 atom stereocenters. The number of nitrogens with zero attached hydrogens (tertiary/aromatic N) is 1. The fourth-order valence-corrected chi connectivity index (χ4v) is 3.54. The van der Waals surface area contributed by atoms with E-state index in [1.54, 1.807) is 0 Å². The Morgan fingerprint density at radius 2 is 1.64 bits per heavy atom. The number of anilines is 2. The average molecular weight is 336 g/mol. The van der Waals surface area contributed by atoms with Crippen molar-refractivity contribution in [3.05, 3.63) is 58.7 Å². The molecule has 2 aromatic rings. The third-order valence-corrected chi connectivity index (χ3v) is 4.71. The summed E-state index contributed by atoms with van der Waals surface area (Å²) in [6, 6.07) is 11.5. The van der Waals surface area contributed by atoms with Crippen LogP contribution in [-0.4, -0.2) is 17.9 Å². The van der Waals surface area contributed by atoms with E-state index in [2.05, 4.69) is 12.2 Å². The van der Waals surface area contributed by atoms with Gasteiger partial charge in [-0.05, 0) is 56.0 Å². The monoisotopic (exact) mass is 336 g/mol. The number of nitrogens with one attached hydrogen (secondary N) is 1. The minimum atomic E-state index is -0.514. The molecular weight excluding hydrogens is 312 g/mol. The summed E-state index contributed by atoms with van der Waals surface area (Å²) >= 11 is 0. The minimum absolute atomic E-state index is 0.150. The zero-order valence-corrected chi connectivity index (χ0v) is 15.2. The van der Waals surface area contributed by atoms with Crippen LogP contribution in [0.1, 0.15) is 35.6 Å². The minimum Gasteiger partial charge on any atom is -0.373 e. The first-order valence-electron chi connectivity index (χ1n) is 8.70. The summed E-state index contributed by atoms with van der Waals surface area (Å²) in [5, 5.41) is 3.21. The van der Waals surface area contributed by atoms with Crippen LogP contribution in [0.2, 0.25) is 0 Å². The molecule has 1 aliphatic heterocycles. The van der Waals surface area contributed by atoms with Gasteiger partial charge in [0.25, 0.3) is 5.91 Å². The van der Waals surface area contributed by atoms with Crippen molar-refractivity contribution < 1.29 is 9.59 Å². The van der Waals surface area contributed by atoms with E-state index in [0.29, 0.717) is 0 Å². The van der Waals surface area contributed by atoms with Gasteiger partial charge in [-0.15, -0.1) is 0 Å². The molecule has 1 heterocycles. The molecule has 130 valence electrons. The molecule has 1 unspecified atom stereocenters. The smallest absolute Gasteiger partial charge is 0.256 e. The standard InChI is InChI=1S/C21H24N2O2/c1-5-16-6-8-17(9-7-16)22-18-12-19(24)23(21(18)25)20-14(3)10-13(2)11-15(20)4/h6-11,18,22H,5,12H2,1-4H3. The Balaban J connectivity index is 1.85. The number of carbonyl (C=O) groups excluding carboxylic acids is 2. The highest BCUT2D eigenvalue weighted by Crippen LogP contribution is 2.31. The fourth-order valence-electron chi connectivity index (χ4n) is 3.54. The SMILES string of the molecule is CCc1ccc(NC2CC(=O)N(c3c(C)cc(C)cc3C)C2=O)cc1. The van der Waals surface area contributed by atoms with Crippen LogP contribution in [0, 0.1) is 20.8 Å². The lowest BCUT2D eigenvalue weighted by Crippen LogP contribution is -2.35. The second kappa shape index (κ2) is 6.71. The second-order valence-corrected chi connectivity index (χ2v) is 6.77. The van der Waals surface area contributed by atoms with Crippen LogP contribution in [0.4, 0.5) is 11.4 Å². The third-order valence-electron chi connectivity index (χ3n) is 4.71. The number of benzene rings is 2. The van der Waals surface area contributed by atoms with Crippen molar-refractivity contribution in [1.82, 2.24) is 0 Å². The van der Waals surface area contributed by atoms with Gasteiger partial charge < -0.3 is 5.32 Å². The number of imide groups is 1. The first-order valence-corrected chi connectivity index (χ1v) is 8.70. The largest absolute Gasteiger partial charge is 0.373 e. The lowest BCUT2D eigenvalue weighted by molar-refractivity contribution is -0.121. The molecule has 0 aliphatic carbocycles. The Labute approximate surface area is 148 Å². The van der Waals surface area contributed by atoms with Crippen LogP contribution in [0.3, 0.4) is 0 Å². The van der Waals surface area contributed by atoms with E-state index in [9.17, 15) is 9.59 Å². The lowest BCUT2D eigenvalue weighted by Gasteiger charge is -2.21. The normalized spacial score (nSPS) is 17.3. The van der Waals surface area contributed by atoms with Crippen LogP contribution in [-0.2, 0) is 16.0 Å². The van der Waals surface area contributed by atoms with Crippen LogP contribution < -0.4 is 10.2 Å². The van der Waals surface area contributed by atoms with Gasteiger partial charge in [-0.1, -0.05) is 36.8 Å². The highest BCUT2D eigenvalue weighted by atomic mass is 16.2. The van der Waals surface area contributed by atoms with E-state index in [-0.39, 0.29) is 18.2 Å². The molecule has 0 radical (unpaired) electrons. The Morgan fingerprint density at radius 1 is 1.04 bits per heavy atom. The molecule has 0 aromatic heterocycles. The lowest BCUT2D eigenvalue weighted by atomic mass is 10.0. The topological polar surface area (TPSA) is 49.4 Å². The van der Waals surface area contributed by atoms with Crippen molar-refractivity contribution in [2.45, 2.75) is 46.6 Å². The number of aryl methyl sites for hydroxylation is 4. The summed E-state index contributed by atoms with van der Waals surface area (Å²) in [6.45, 7) is 8.01. The van der Waals surface area contributed by atoms with Gasteiger partial charge in [-0.25, -0.2) is 4.90 Å². The van der Waals surface area contributed by atoms with E-state index in [1.165, 1.54) is 10.5 Å². The first kappa shape index (κ1) is 17.2. The summed E-state index contributed by atoms with van der Waals surface area (Å²) in [7, 11) is 0. The molecule has 2 amide bonds. The predicted octanol–water partition coefficient (Wildman–Crippen LogP) is 3.92. The molecule has 4 heteroatoms. The Bertz CT molecular complexity index is 801. The van der Waals surface area contributed by atoms with E-state index in [1.807, 2.05) is 57.2 Å². The number of carbonyl (C=O) groups is 2. The molecule has 0 saturated carbocycles. The second-order valence-electron chi connectivity index (χ2n) is 6.77. The van der Waals surface area contributed by atoms with Gasteiger partial charge in [-0.2, -0.15) is 0 Å². The molecule has 1 fully saturated rings. The van der Waals surface area contributed by atoms with E-state index >= 15 is 0 Å². The number of rotatable bonds is 4. The van der Waals surface area contributed by atoms with Crippen molar-refractivity contribution in [1.29, 1.82) is 0 Å². The molecule has 4 nitrogen and oxygen atoms in total. The van der Waals surface area contributed by atoms with Gasteiger partial charge in [0.15, 0.2) is 0 Å². The summed E-state index contributed by atoms with van der Waals surface area (Å²) in [6.07, 6.45) is 1.15. The summed E-state index contributed by atoms with van der Waals surface area (Å²) < 4.78 is 0. The van der Waals surface area contributed by atoms with E-state index in [0.717, 1.165) is 34.5 Å². The van der Waals surface area contributed by atoms with Gasteiger partial charge in [-0.3, -0.25) is 9.59 Å². The average Bonchev–Trinajstić information content (AvgIpc) is 2.82. The Hall–Kier alpha value is -2.62. The molecule has 2 aromatic carbocycles. The summed E-state index contributed by atoms with van der Waals surface area (Å²) in [4.78, 5) is 26.8. The van der Waals surface area contributed by atoms with Crippen molar-refractivity contribution in [2.75, 3.05) is 10.2 Å². The Morgan fingerprint density at radius 3 is 2.20 bits per heavy atom. The molecule has 3 rings (SSSR count). The molecule has 1 N–H and O–H groups in total. The maximum Gasteiger partial charge on any atom is 0.256 e. The summed E-state index contributed by atoms with van der Waals surface area (Å²) in [5.41, 5.74) is 5.86. The molecule has 0 bridgehead atoms. The van der Waals surface area contributed by atoms with Gasteiger partial charge in [0.05, 0.1) is 12.1 Å². The predicted molar refractivity (Wildman–Crippen MR) is 101 cm³/mol. The number of amides is 2. The van der Waals surface area contributed by atoms with Gasteiger partial charge in [0.2, 0.25) is 5.91 Å². The van der Waals surface area contributed by atoms with Crippen LogP contribution >= 0.6 is 0 Å². The van der Waals surface area contributed by atoms with Crippen molar-refractivity contribution in [2.24, 2.45) is 0 Å². The van der Waals surface area contributed by atoms with Gasteiger partial charge >= 0.3 is 0 Å². The molecule has 1 saturated heterocycles. The molecule has 1 aliphatic rings. The molecule has 0 spiro atoms. The van der Waals surface area contributed by atoms with Gasteiger partial charge in [0.1, 0.15) is 6.04 Å². The van der Waals surface area contributed by atoms with E-state index in [4.69, 9.17) is 0 Å². The van der Waals surface area contributed by atoms with Crippen molar-refractivity contribution in [3.63, 3.8) is 0 Å². The summed E-state index contributed by atoms with van der Waals surface area (Å²) in [5.74, 6) is -0.331. The highest BCUT2D eigenvalue weighted by molar-refractivity contribution is 6.23. The fraction of sp³-hybridized carbons (Fsp3) is 0.333. The quantitative estimate of drug-likeness (QED) is 0.861. The molecule has 25 heavy (non-hydrogen) atoms. The highest BCUT2D eigenvalue weighted by Gasteiger charge is 2.40. The van der Waals surface area contributed by atoms with Crippen LogP contribution in [0.5, 0.6) is 0 Å². The maximum atomic E-state index is 12.9. The maximum absolute atomic E-state index is 12.9. The van der Waals surface area contributed by atoms with Crippen molar-refractivity contribution >= 4 is 23.2 Å². The zero-order chi connectivity index (χ0) is 18.1. The van der Waals surface area contributed by atoms with E-state index < -0.39 is 6.04 Å². The van der Waals surface area contributed by atoms with Crippen molar-refractivity contribution in [3.8, 4) is 0 Å².